The highest BCUT2D eigenvalue weighted by molar-refractivity contribution is 7.89. The molecule has 0 spiro atoms. The van der Waals surface area contributed by atoms with Gasteiger partial charge >= 0.3 is 0 Å². The van der Waals surface area contributed by atoms with Crippen molar-refractivity contribution in [3.63, 3.8) is 0 Å². The highest BCUT2D eigenvalue weighted by Crippen LogP contribution is 2.29. The van der Waals surface area contributed by atoms with Crippen LogP contribution in [0.1, 0.15) is 38.3 Å². The zero-order valence-corrected chi connectivity index (χ0v) is 14.4. The highest BCUT2D eigenvalue weighted by Gasteiger charge is 2.31. The van der Waals surface area contributed by atoms with Crippen LogP contribution in [0.4, 0.5) is 0 Å². The largest absolute Gasteiger partial charge is 0.315 e. The van der Waals surface area contributed by atoms with Gasteiger partial charge in [-0.1, -0.05) is 32.9 Å². The van der Waals surface area contributed by atoms with Gasteiger partial charge in [0.05, 0.1) is 4.90 Å². The van der Waals surface area contributed by atoms with E-state index in [0.29, 0.717) is 4.90 Å². The van der Waals surface area contributed by atoms with Crippen molar-refractivity contribution in [1.82, 2.24) is 9.62 Å². The van der Waals surface area contributed by atoms with Gasteiger partial charge in [0, 0.05) is 19.6 Å². The lowest BCUT2D eigenvalue weighted by molar-refractivity contribution is 0.387. The summed E-state index contributed by atoms with van der Waals surface area (Å²) in [6, 6.07) is 5.82. The minimum atomic E-state index is -3.44. The van der Waals surface area contributed by atoms with Crippen LogP contribution in [0, 0.1) is 6.92 Å². The summed E-state index contributed by atoms with van der Waals surface area (Å²) in [5.74, 6) is 0. The van der Waals surface area contributed by atoms with Crippen molar-refractivity contribution in [2.24, 2.45) is 0 Å². The Labute approximate surface area is 128 Å². The first-order valence-corrected chi connectivity index (χ1v) is 8.88. The van der Waals surface area contributed by atoms with Gasteiger partial charge in [-0.15, -0.1) is 0 Å². The maximum Gasteiger partial charge on any atom is 0.243 e. The molecule has 1 aliphatic heterocycles. The van der Waals surface area contributed by atoms with Gasteiger partial charge in [0.15, 0.2) is 0 Å². The molecule has 1 aromatic rings. The Hall–Kier alpha value is -0.910. The summed E-state index contributed by atoms with van der Waals surface area (Å²) in [7, 11) is -1.75. The minimum Gasteiger partial charge on any atom is -0.315 e. The molecule has 118 valence electrons. The van der Waals surface area contributed by atoms with E-state index < -0.39 is 10.0 Å². The molecule has 1 heterocycles. The number of nitrogens with zero attached hydrogens (tertiary/aromatic N) is 1. The third-order valence-corrected chi connectivity index (χ3v) is 6.31. The van der Waals surface area contributed by atoms with E-state index in [2.05, 4.69) is 26.1 Å². The SMILES string of the molecule is Cc1ccc(C(C)(C)C)cc1S(=O)(=O)N(C)C1CCNC1. The lowest BCUT2D eigenvalue weighted by Gasteiger charge is -2.26. The summed E-state index contributed by atoms with van der Waals surface area (Å²) < 4.78 is 27.4. The maximum absolute atomic E-state index is 12.9. The van der Waals surface area contributed by atoms with E-state index in [1.165, 1.54) is 4.31 Å². The van der Waals surface area contributed by atoms with Crippen molar-refractivity contribution < 1.29 is 8.42 Å². The monoisotopic (exact) mass is 310 g/mol. The molecule has 1 aliphatic rings. The van der Waals surface area contributed by atoms with E-state index in [1.54, 1.807) is 7.05 Å². The van der Waals surface area contributed by atoms with Crippen LogP contribution < -0.4 is 5.32 Å². The molecule has 0 aromatic heterocycles. The maximum atomic E-state index is 12.9. The van der Waals surface area contributed by atoms with Gasteiger partial charge in [-0.05, 0) is 42.5 Å². The van der Waals surface area contributed by atoms with E-state index in [9.17, 15) is 8.42 Å². The number of hydrogen-bond acceptors (Lipinski definition) is 3. The molecule has 21 heavy (non-hydrogen) atoms. The number of hydrogen-bond donors (Lipinski definition) is 1. The fraction of sp³-hybridized carbons (Fsp3) is 0.625. The van der Waals surface area contributed by atoms with Gasteiger partial charge in [-0.2, -0.15) is 4.31 Å². The second-order valence-corrected chi connectivity index (χ2v) is 8.86. The Balaban J connectivity index is 2.44. The van der Waals surface area contributed by atoms with Gasteiger partial charge < -0.3 is 5.32 Å². The first-order chi connectivity index (χ1) is 9.64. The Kier molecular flexibility index (Phi) is 4.47. The predicted molar refractivity (Wildman–Crippen MR) is 86.1 cm³/mol. The average molecular weight is 310 g/mol. The molecule has 0 saturated carbocycles. The van der Waals surface area contributed by atoms with Gasteiger partial charge in [0.25, 0.3) is 0 Å². The second kappa shape index (κ2) is 5.71. The fourth-order valence-corrected chi connectivity index (χ4v) is 4.28. The molecule has 0 radical (unpaired) electrons. The van der Waals surface area contributed by atoms with Crippen molar-refractivity contribution in [1.29, 1.82) is 0 Å². The van der Waals surface area contributed by atoms with Crippen molar-refractivity contribution in [2.45, 2.75) is 50.5 Å². The molecular weight excluding hydrogens is 284 g/mol. The third-order valence-electron chi connectivity index (χ3n) is 4.26. The number of nitrogens with one attached hydrogen (secondary N) is 1. The summed E-state index contributed by atoms with van der Waals surface area (Å²) in [5.41, 5.74) is 1.79. The topological polar surface area (TPSA) is 49.4 Å². The van der Waals surface area contributed by atoms with Crippen molar-refractivity contribution in [3.8, 4) is 0 Å². The van der Waals surface area contributed by atoms with Gasteiger partial charge in [0.1, 0.15) is 0 Å². The number of benzene rings is 1. The van der Waals surface area contributed by atoms with Crippen LogP contribution in [-0.4, -0.2) is 38.9 Å². The van der Waals surface area contributed by atoms with Crippen LogP contribution in [0.2, 0.25) is 0 Å². The summed E-state index contributed by atoms with van der Waals surface area (Å²) >= 11 is 0. The third kappa shape index (κ3) is 3.30. The molecule has 5 heteroatoms. The zero-order valence-electron chi connectivity index (χ0n) is 13.6. The molecule has 1 saturated heterocycles. The lowest BCUT2D eigenvalue weighted by atomic mass is 9.87. The van der Waals surface area contributed by atoms with Crippen LogP contribution in [0.25, 0.3) is 0 Å². The zero-order chi connectivity index (χ0) is 15.8. The lowest BCUT2D eigenvalue weighted by Crippen LogP contribution is -2.38. The molecule has 1 fully saturated rings. The van der Waals surface area contributed by atoms with E-state index in [-0.39, 0.29) is 11.5 Å². The van der Waals surface area contributed by atoms with Crippen LogP contribution in [0.5, 0.6) is 0 Å². The highest BCUT2D eigenvalue weighted by atomic mass is 32.2. The number of sulfonamides is 1. The van der Waals surface area contributed by atoms with Crippen molar-refractivity contribution in [2.75, 3.05) is 20.1 Å². The smallest absolute Gasteiger partial charge is 0.243 e. The first kappa shape index (κ1) is 16.5. The van der Waals surface area contributed by atoms with Crippen molar-refractivity contribution >= 4 is 10.0 Å². The molecule has 1 unspecified atom stereocenters. The molecule has 2 rings (SSSR count). The van der Waals surface area contributed by atoms with Gasteiger partial charge in [-0.25, -0.2) is 8.42 Å². The minimum absolute atomic E-state index is 0.0488. The standard InChI is InChI=1S/C16H26N2O2S/c1-12-6-7-13(16(2,3)4)10-15(12)21(19,20)18(5)14-8-9-17-11-14/h6-7,10,14,17H,8-9,11H2,1-5H3. The molecule has 0 amide bonds. The summed E-state index contributed by atoms with van der Waals surface area (Å²) in [4.78, 5) is 0.435. The Bertz CT molecular complexity index is 612. The normalized spacial score (nSPS) is 20.2. The number of aryl methyl sites for hydroxylation is 1. The van der Waals surface area contributed by atoms with Crippen LogP contribution in [0.3, 0.4) is 0 Å². The molecule has 0 bridgehead atoms. The number of rotatable bonds is 3. The van der Waals surface area contributed by atoms with E-state index in [4.69, 9.17) is 0 Å². The van der Waals surface area contributed by atoms with E-state index >= 15 is 0 Å². The summed E-state index contributed by atoms with van der Waals surface area (Å²) in [6.45, 7) is 9.76. The molecule has 0 aliphatic carbocycles. The molecule has 1 atom stereocenters. The quantitative estimate of drug-likeness (QED) is 0.932. The molecule has 1 aromatic carbocycles. The second-order valence-electron chi connectivity index (χ2n) is 6.90. The fourth-order valence-electron chi connectivity index (χ4n) is 2.65. The Morgan fingerprint density at radius 2 is 1.95 bits per heavy atom. The van der Waals surface area contributed by atoms with Crippen LogP contribution in [0.15, 0.2) is 23.1 Å². The van der Waals surface area contributed by atoms with E-state index in [1.807, 2.05) is 25.1 Å². The summed E-state index contributed by atoms with van der Waals surface area (Å²) in [6.07, 6.45) is 0.869. The van der Waals surface area contributed by atoms with Crippen LogP contribution in [-0.2, 0) is 15.4 Å². The van der Waals surface area contributed by atoms with Gasteiger partial charge in [-0.3, -0.25) is 0 Å². The Morgan fingerprint density at radius 1 is 1.29 bits per heavy atom. The van der Waals surface area contributed by atoms with Gasteiger partial charge in [0.2, 0.25) is 10.0 Å². The number of likely N-dealkylation sites (N-methyl/N-ethyl adjacent to an activating group) is 1. The first-order valence-electron chi connectivity index (χ1n) is 7.44. The van der Waals surface area contributed by atoms with Crippen LogP contribution >= 0.6 is 0 Å². The molecular formula is C16H26N2O2S. The summed E-state index contributed by atoms with van der Waals surface area (Å²) in [5, 5.41) is 3.22. The van der Waals surface area contributed by atoms with E-state index in [0.717, 1.165) is 30.6 Å². The predicted octanol–water partition coefficient (Wildman–Crippen LogP) is 2.27. The van der Waals surface area contributed by atoms with Crippen molar-refractivity contribution in [3.05, 3.63) is 29.3 Å². The molecule has 1 N–H and O–H groups in total. The average Bonchev–Trinajstić information content (AvgIpc) is 2.90. The Morgan fingerprint density at radius 3 is 2.48 bits per heavy atom. The molecule has 4 nitrogen and oxygen atoms in total.